The van der Waals surface area contributed by atoms with Gasteiger partial charge in [0.2, 0.25) is 0 Å². The SMILES string of the molecule is c1ccc(CNCCc2ncccn2)cc1. The highest BCUT2D eigenvalue weighted by molar-refractivity contribution is 5.14. The van der Waals surface area contributed by atoms with E-state index in [0.29, 0.717) is 0 Å². The molecule has 0 atom stereocenters. The number of nitrogens with one attached hydrogen (secondary N) is 1. The molecule has 1 aromatic carbocycles. The van der Waals surface area contributed by atoms with Crippen LogP contribution in [-0.2, 0) is 13.0 Å². The first-order valence-electron chi connectivity index (χ1n) is 5.46. The van der Waals surface area contributed by atoms with E-state index in [4.69, 9.17) is 0 Å². The van der Waals surface area contributed by atoms with Gasteiger partial charge in [-0.1, -0.05) is 30.3 Å². The molecule has 0 fully saturated rings. The Morgan fingerprint density at radius 2 is 1.69 bits per heavy atom. The molecule has 3 nitrogen and oxygen atoms in total. The molecule has 0 aliphatic rings. The fourth-order valence-corrected chi connectivity index (χ4v) is 1.49. The van der Waals surface area contributed by atoms with Crippen LogP contribution in [0.3, 0.4) is 0 Å². The van der Waals surface area contributed by atoms with Gasteiger partial charge in [0.1, 0.15) is 5.82 Å². The average Bonchev–Trinajstić information content (AvgIpc) is 2.37. The predicted octanol–water partition coefficient (Wildman–Crippen LogP) is 1.81. The molecule has 0 spiro atoms. The second kappa shape index (κ2) is 5.98. The molecule has 0 saturated carbocycles. The molecule has 0 saturated heterocycles. The Morgan fingerprint density at radius 3 is 2.44 bits per heavy atom. The van der Waals surface area contributed by atoms with E-state index in [2.05, 4.69) is 39.6 Å². The van der Waals surface area contributed by atoms with Crippen molar-refractivity contribution in [2.45, 2.75) is 13.0 Å². The fraction of sp³-hybridized carbons (Fsp3) is 0.231. The van der Waals surface area contributed by atoms with Crippen LogP contribution in [0.2, 0.25) is 0 Å². The maximum absolute atomic E-state index is 4.17. The Hall–Kier alpha value is -1.74. The highest BCUT2D eigenvalue weighted by Crippen LogP contribution is 1.97. The first-order valence-corrected chi connectivity index (χ1v) is 5.46. The Balaban J connectivity index is 1.70. The summed E-state index contributed by atoms with van der Waals surface area (Å²) in [5.41, 5.74) is 1.30. The number of nitrogens with zero attached hydrogens (tertiary/aromatic N) is 2. The Labute approximate surface area is 95.6 Å². The predicted molar refractivity (Wildman–Crippen MR) is 63.9 cm³/mol. The van der Waals surface area contributed by atoms with Crippen molar-refractivity contribution in [2.75, 3.05) is 6.54 Å². The minimum Gasteiger partial charge on any atom is -0.312 e. The van der Waals surface area contributed by atoms with Gasteiger partial charge in [-0.15, -0.1) is 0 Å². The summed E-state index contributed by atoms with van der Waals surface area (Å²) in [6, 6.07) is 12.2. The van der Waals surface area contributed by atoms with Crippen LogP contribution in [0.4, 0.5) is 0 Å². The summed E-state index contributed by atoms with van der Waals surface area (Å²) >= 11 is 0. The van der Waals surface area contributed by atoms with Crippen molar-refractivity contribution in [1.29, 1.82) is 0 Å². The van der Waals surface area contributed by atoms with Crippen LogP contribution >= 0.6 is 0 Å². The van der Waals surface area contributed by atoms with E-state index in [-0.39, 0.29) is 0 Å². The zero-order valence-electron chi connectivity index (χ0n) is 9.13. The molecular formula is C13H15N3. The molecule has 2 rings (SSSR count). The quantitative estimate of drug-likeness (QED) is 0.770. The van der Waals surface area contributed by atoms with E-state index in [0.717, 1.165) is 25.3 Å². The van der Waals surface area contributed by atoms with Gasteiger partial charge in [-0.25, -0.2) is 9.97 Å². The van der Waals surface area contributed by atoms with Gasteiger partial charge >= 0.3 is 0 Å². The van der Waals surface area contributed by atoms with Crippen molar-refractivity contribution in [3.05, 3.63) is 60.2 Å². The van der Waals surface area contributed by atoms with Crippen LogP contribution in [0.5, 0.6) is 0 Å². The summed E-state index contributed by atoms with van der Waals surface area (Å²) in [6.07, 6.45) is 4.42. The number of aromatic nitrogens is 2. The minimum atomic E-state index is 0.869. The maximum atomic E-state index is 4.17. The number of hydrogen-bond acceptors (Lipinski definition) is 3. The topological polar surface area (TPSA) is 37.8 Å². The fourth-order valence-electron chi connectivity index (χ4n) is 1.49. The minimum absolute atomic E-state index is 0.869. The normalized spacial score (nSPS) is 10.2. The van der Waals surface area contributed by atoms with Crippen LogP contribution in [0.15, 0.2) is 48.8 Å². The van der Waals surface area contributed by atoms with Crippen LogP contribution in [0, 0.1) is 0 Å². The number of benzene rings is 1. The van der Waals surface area contributed by atoms with Gasteiger partial charge in [0, 0.05) is 31.9 Å². The molecule has 0 aliphatic carbocycles. The smallest absolute Gasteiger partial charge is 0.129 e. The molecule has 0 unspecified atom stereocenters. The van der Waals surface area contributed by atoms with E-state index in [1.165, 1.54) is 5.56 Å². The molecule has 0 bridgehead atoms. The zero-order valence-corrected chi connectivity index (χ0v) is 9.13. The van der Waals surface area contributed by atoms with Crippen molar-refractivity contribution in [1.82, 2.24) is 15.3 Å². The number of hydrogen-bond donors (Lipinski definition) is 1. The molecule has 0 radical (unpaired) electrons. The van der Waals surface area contributed by atoms with Crippen LogP contribution < -0.4 is 5.32 Å². The summed E-state index contributed by atoms with van der Waals surface area (Å²) in [6.45, 7) is 1.80. The first-order chi connectivity index (χ1) is 7.95. The molecule has 16 heavy (non-hydrogen) atoms. The summed E-state index contributed by atoms with van der Waals surface area (Å²) in [5.74, 6) is 0.892. The molecule has 1 aromatic heterocycles. The second-order valence-corrected chi connectivity index (χ2v) is 3.58. The van der Waals surface area contributed by atoms with Crippen LogP contribution in [0.25, 0.3) is 0 Å². The largest absolute Gasteiger partial charge is 0.312 e. The number of rotatable bonds is 5. The van der Waals surface area contributed by atoms with Gasteiger partial charge < -0.3 is 5.32 Å². The van der Waals surface area contributed by atoms with E-state index >= 15 is 0 Å². The monoisotopic (exact) mass is 213 g/mol. The highest BCUT2D eigenvalue weighted by atomic mass is 14.9. The van der Waals surface area contributed by atoms with Crippen molar-refractivity contribution in [2.24, 2.45) is 0 Å². The summed E-state index contributed by atoms with van der Waals surface area (Å²) in [5, 5.41) is 3.37. The van der Waals surface area contributed by atoms with Gasteiger partial charge in [0.15, 0.2) is 0 Å². The molecule has 2 aromatic rings. The molecule has 0 aliphatic heterocycles. The van der Waals surface area contributed by atoms with Crippen molar-refractivity contribution >= 4 is 0 Å². The molecule has 1 heterocycles. The second-order valence-electron chi connectivity index (χ2n) is 3.58. The van der Waals surface area contributed by atoms with Gasteiger partial charge in [-0.2, -0.15) is 0 Å². The molecule has 82 valence electrons. The lowest BCUT2D eigenvalue weighted by Gasteiger charge is -2.03. The highest BCUT2D eigenvalue weighted by Gasteiger charge is 1.94. The average molecular weight is 213 g/mol. The van der Waals surface area contributed by atoms with Crippen molar-refractivity contribution < 1.29 is 0 Å². The van der Waals surface area contributed by atoms with E-state index < -0.39 is 0 Å². The van der Waals surface area contributed by atoms with Crippen LogP contribution in [-0.4, -0.2) is 16.5 Å². The zero-order chi connectivity index (χ0) is 11.1. The van der Waals surface area contributed by atoms with Gasteiger partial charge in [0.25, 0.3) is 0 Å². The Morgan fingerprint density at radius 1 is 0.938 bits per heavy atom. The molecular weight excluding hydrogens is 198 g/mol. The van der Waals surface area contributed by atoms with E-state index in [1.54, 1.807) is 12.4 Å². The van der Waals surface area contributed by atoms with Crippen molar-refractivity contribution in [3.63, 3.8) is 0 Å². The van der Waals surface area contributed by atoms with Gasteiger partial charge in [-0.05, 0) is 11.6 Å². The third kappa shape index (κ3) is 3.44. The van der Waals surface area contributed by atoms with Gasteiger partial charge in [0.05, 0.1) is 0 Å². The molecule has 1 N–H and O–H groups in total. The summed E-state index contributed by atoms with van der Waals surface area (Å²) in [7, 11) is 0. The standard InChI is InChI=1S/C13H15N3/c1-2-5-12(6-3-1)11-14-10-7-13-15-8-4-9-16-13/h1-6,8-9,14H,7,10-11H2. The first kappa shape index (κ1) is 10.8. The lowest BCUT2D eigenvalue weighted by molar-refractivity contribution is 0.670. The summed E-state index contributed by atoms with van der Waals surface area (Å²) in [4.78, 5) is 8.34. The molecule has 3 heteroatoms. The third-order valence-corrected chi connectivity index (χ3v) is 2.32. The Bertz CT molecular complexity index is 359. The van der Waals surface area contributed by atoms with E-state index in [9.17, 15) is 0 Å². The maximum Gasteiger partial charge on any atom is 0.129 e. The van der Waals surface area contributed by atoms with Gasteiger partial charge in [-0.3, -0.25) is 0 Å². The van der Waals surface area contributed by atoms with E-state index in [1.807, 2.05) is 12.1 Å². The molecule has 0 amide bonds. The van der Waals surface area contributed by atoms with Crippen LogP contribution in [0.1, 0.15) is 11.4 Å². The lowest BCUT2D eigenvalue weighted by atomic mass is 10.2. The third-order valence-electron chi connectivity index (χ3n) is 2.32. The van der Waals surface area contributed by atoms with Crippen molar-refractivity contribution in [3.8, 4) is 0 Å². The lowest BCUT2D eigenvalue weighted by Crippen LogP contribution is -2.17. The Kier molecular flexibility index (Phi) is 4.02. The summed E-state index contributed by atoms with van der Waals surface area (Å²) < 4.78 is 0.